The van der Waals surface area contributed by atoms with Crippen molar-refractivity contribution in [3.8, 4) is 0 Å². The second-order valence-corrected chi connectivity index (χ2v) is 7.96. The first-order valence-corrected chi connectivity index (χ1v) is 9.66. The van der Waals surface area contributed by atoms with E-state index in [0.29, 0.717) is 48.2 Å². The van der Waals surface area contributed by atoms with Gasteiger partial charge in [-0.05, 0) is 54.4 Å². The number of halogens is 3. The summed E-state index contributed by atoms with van der Waals surface area (Å²) in [5, 5.41) is 7.59. The molecule has 0 spiro atoms. The van der Waals surface area contributed by atoms with Crippen molar-refractivity contribution in [2.24, 2.45) is 11.8 Å². The van der Waals surface area contributed by atoms with E-state index < -0.39 is 11.7 Å². The highest BCUT2D eigenvalue weighted by molar-refractivity contribution is 6.03. The van der Waals surface area contributed by atoms with Crippen molar-refractivity contribution in [3.63, 3.8) is 0 Å². The van der Waals surface area contributed by atoms with Crippen molar-refractivity contribution in [1.82, 2.24) is 20.1 Å². The van der Waals surface area contributed by atoms with Crippen molar-refractivity contribution in [3.05, 3.63) is 59.4 Å². The number of alkyl halides is 3. The number of fused-ring (bicyclic) bond motifs is 2. The van der Waals surface area contributed by atoms with E-state index in [9.17, 15) is 18.0 Å². The SMILES string of the molecule is O=C(c1n[nH]c2ncccc12)N1C[C@H]2C[C@@H](c3ccccc3C(F)(F)F)C[C@H]2C1. The molecule has 3 atom stereocenters. The van der Waals surface area contributed by atoms with Crippen LogP contribution in [0.5, 0.6) is 0 Å². The van der Waals surface area contributed by atoms with Crippen LogP contribution >= 0.6 is 0 Å². The first kappa shape index (κ1) is 18.1. The number of hydrogen-bond acceptors (Lipinski definition) is 3. The smallest absolute Gasteiger partial charge is 0.337 e. The molecule has 150 valence electrons. The van der Waals surface area contributed by atoms with Crippen molar-refractivity contribution < 1.29 is 18.0 Å². The van der Waals surface area contributed by atoms with E-state index in [4.69, 9.17) is 0 Å². The van der Waals surface area contributed by atoms with Crippen molar-refractivity contribution in [1.29, 1.82) is 0 Å². The number of nitrogens with zero attached hydrogens (tertiary/aromatic N) is 3. The topological polar surface area (TPSA) is 61.9 Å². The van der Waals surface area contributed by atoms with Gasteiger partial charge in [0, 0.05) is 19.3 Å². The minimum atomic E-state index is -4.34. The van der Waals surface area contributed by atoms with E-state index >= 15 is 0 Å². The Morgan fingerprint density at radius 2 is 1.79 bits per heavy atom. The Hall–Kier alpha value is -2.90. The van der Waals surface area contributed by atoms with Gasteiger partial charge in [0.15, 0.2) is 11.3 Å². The monoisotopic (exact) mass is 400 g/mol. The Balaban J connectivity index is 1.33. The molecule has 1 N–H and O–H groups in total. The maximum atomic E-state index is 13.4. The summed E-state index contributed by atoms with van der Waals surface area (Å²) < 4.78 is 40.1. The fourth-order valence-electron chi connectivity index (χ4n) is 5.00. The van der Waals surface area contributed by atoms with E-state index in [1.807, 2.05) is 0 Å². The number of benzene rings is 1. The standard InChI is InChI=1S/C21H19F3N4O/c22-21(23,24)17-6-2-1-4-15(17)12-8-13-10-28(11-14(13)9-12)20(29)18-16-5-3-7-25-19(16)27-26-18/h1-7,12-14H,8-11H2,(H,25,26,27)/t12-,13-,14+. The largest absolute Gasteiger partial charge is 0.416 e. The zero-order chi connectivity index (χ0) is 20.2. The molecule has 3 aromatic rings. The lowest BCUT2D eigenvalue weighted by Gasteiger charge is -2.21. The van der Waals surface area contributed by atoms with E-state index in [-0.39, 0.29) is 23.7 Å². The molecule has 1 amide bonds. The van der Waals surface area contributed by atoms with Crippen LogP contribution in [0.15, 0.2) is 42.6 Å². The van der Waals surface area contributed by atoms with Crippen LogP contribution in [0.2, 0.25) is 0 Å². The van der Waals surface area contributed by atoms with Crippen LogP contribution in [0.25, 0.3) is 11.0 Å². The summed E-state index contributed by atoms with van der Waals surface area (Å²) in [6.07, 6.45) is -1.37. The molecular weight excluding hydrogens is 381 g/mol. The molecule has 1 aliphatic carbocycles. The highest BCUT2D eigenvalue weighted by Crippen LogP contribution is 2.49. The fourth-order valence-corrected chi connectivity index (χ4v) is 5.00. The van der Waals surface area contributed by atoms with Gasteiger partial charge < -0.3 is 4.90 Å². The molecule has 1 saturated heterocycles. The lowest BCUT2D eigenvalue weighted by atomic mass is 9.91. The van der Waals surface area contributed by atoms with Crippen LogP contribution in [0.1, 0.15) is 40.4 Å². The van der Waals surface area contributed by atoms with Gasteiger partial charge in [0.05, 0.1) is 10.9 Å². The number of H-pyrrole nitrogens is 1. The second-order valence-electron chi connectivity index (χ2n) is 7.96. The summed E-state index contributed by atoms with van der Waals surface area (Å²) >= 11 is 0. The molecule has 0 radical (unpaired) electrons. The molecule has 3 heterocycles. The Bertz CT molecular complexity index is 1060. The van der Waals surface area contributed by atoms with E-state index in [1.54, 1.807) is 35.4 Å². The van der Waals surface area contributed by atoms with Crippen LogP contribution in [0.4, 0.5) is 13.2 Å². The minimum Gasteiger partial charge on any atom is -0.337 e. The summed E-state index contributed by atoms with van der Waals surface area (Å²) in [6, 6.07) is 9.43. The van der Waals surface area contributed by atoms with Gasteiger partial charge in [0.25, 0.3) is 5.91 Å². The molecule has 1 saturated carbocycles. The molecule has 2 aromatic heterocycles. The maximum absolute atomic E-state index is 13.4. The highest BCUT2D eigenvalue weighted by Gasteiger charge is 2.45. The zero-order valence-corrected chi connectivity index (χ0v) is 15.5. The molecule has 5 nitrogen and oxygen atoms in total. The van der Waals surface area contributed by atoms with Crippen LogP contribution < -0.4 is 0 Å². The Morgan fingerprint density at radius 3 is 2.52 bits per heavy atom. The van der Waals surface area contributed by atoms with Crippen molar-refractivity contribution in [2.45, 2.75) is 24.9 Å². The number of carbonyl (C=O) groups excluding carboxylic acids is 1. The Labute approximate surface area is 164 Å². The lowest BCUT2D eigenvalue weighted by Crippen LogP contribution is -2.30. The fraction of sp³-hybridized carbons (Fsp3) is 0.381. The van der Waals surface area contributed by atoms with Gasteiger partial charge in [-0.2, -0.15) is 18.3 Å². The number of hydrogen-bond donors (Lipinski definition) is 1. The average Bonchev–Trinajstić information content (AvgIpc) is 3.39. The molecule has 29 heavy (non-hydrogen) atoms. The van der Waals surface area contributed by atoms with Crippen molar-refractivity contribution >= 4 is 16.9 Å². The molecule has 8 heteroatoms. The van der Waals surface area contributed by atoms with Gasteiger partial charge in [-0.1, -0.05) is 18.2 Å². The molecule has 0 bridgehead atoms. The zero-order valence-electron chi connectivity index (χ0n) is 15.5. The Kier molecular flexibility index (Phi) is 4.11. The first-order chi connectivity index (χ1) is 13.9. The van der Waals surface area contributed by atoms with E-state index in [2.05, 4.69) is 15.2 Å². The second kappa shape index (κ2) is 6.57. The van der Waals surface area contributed by atoms with E-state index in [1.165, 1.54) is 6.07 Å². The van der Waals surface area contributed by atoms with E-state index in [0.717, 1.165) is 6.07 Å². The van der Waals surface area contributed by atoms with Gasteiger partial charge in [0.1, 0.15) is 0 Å². The third kappa shape index (κ3) is 3.07. The van der Waals surface area contributed by atoms with Gasteiger partial charge in [-0.3, -0.25) is 9.89 Å². The third-order valence-corrected chi connectivity index (χ3v) is 6.28. The lowest BCUT2D eigenvalue weighted by molar-refractivity contribution is -0.138. The first-order valence-electron chi connectivity index (χ1n) is 9.66. The quantitative estimate of drug-likeness (QED) is 0.700. The Morgan fingerprint density at radius 1 is 1.07 bits per heavy atom. The molecule has 0 unspecified atom stereocenters. The summed E-state index contributed by atoms with van der Waals surface area (Å²) in [5.41, 5.74) is 0.774. The van der Waals surface area contributed by atoms with Gasteiger partial charge >= 0.3 is 6.18 Å². The molecule has 2 fully saturated rings. The molecule has 1 aromatic carbocycles. The van der Waals surface area contributed by atoms with Gasteiger partial charge in [-0.25, -0.2) is 4.98 Å². The van der Waals surface area contributed by atoms with Crippen LogP contribution in [0.3, 0.4) is 0 Å². The average molecular weight is 400 g/mol. The predicted octanol–water partition coefficient (Wildman–Crippen LogP) is 4.24. The number of nitrogens with one attached hydrogen (secondary N) is 1. The number of pyridine rings is 1. The van der Waals surface area contributed by atoms with Crippen LogP contribution in [-0.2, 0) is 6.18 Å². The summed E-state index contributed by atoms with van der Waals surface area (Å²) in [4.78, 5) is 18.9. The molecule has 5 rings (SSSR count). The number of carbonyl (C=O) groups is 1. The minimum absolute atomic E-state index is 0.115. The summed E-state index contributed by atoms with van der Waals surface area (Å²) in [7, 11) is 0. The predicted molar refractivity (Wildman–Crippen MR) is 100 cm³/mol. The normalized spacial score (nSPS) is 24.2. The third-order valence-electron chi connectivity index (χ3n) is 6.28. The number of likely N-dealkylation sites (tertiary alicyclic amines) is 1. The summed E-state index contributed by atoms with van der Waals surface area (Å²) in [6.45, 7) is 1.12. The molecule has 1 aliphatic heterocycles. The number of rotatable bonds is 2. The van der Waals surface area contributed by atoms with Crippen molar-refractivity contribution in [2.75, 3.05) is 13.1 Å². The van der Waals surface area contributed by atoms with Gasteiger partial charge in [-0.15, -0.1) is 0 Å². The van der Waals surface area contributed by atoms with Crippen LogP contribution in [0, 0.1) is 11.8 Å². The summed E-state index contributed by atoms with van der Waals surface area (Å²) in [5.74, 6) is 0.170. The van der Waals surface area contributed by atoms with Crippen LogP contribution in [-0.4, -0.2) is 39.1 Å². The highest BCUT2D eigenvalue weighted by atomic mass is 19.4. The number of amides is 1. The van der Waals surface area contributed by atoms with Gasteiger partial charge in [0.2, 0.25) is 0 Å². The molecular formula is C21H19F3N4O. The number of aromatic nitrogens is 3. The number of aromatic amines is 1. The maximum Gasteiger partial charge on any atom is 0.416 e. The molecule has 2 aliphatic rings.